The zero-order valence-corrected chi connectivity index (χ0v) is 12.2. The number of aromatic carboxylic acids is 1. The van der Waals surface area contributed by atoms with Crippen molar-refractivity contribution in [3.05, 3.63) is 65.7 Å². The van der Waals surface area contributed by atoms with Gasteiger partial charge >= 0.3 is 12.0 Å². The summed E-state index contributed by atoms with van der Waals surface area (Å²) in [5.41, 5.74) is 1.33. The summed E-state index contributed by atoms with van der Waals surface area (Å²) in [6.45, 7) is 0.113. The zero-order valence-electron chi connectivity index (χ0n) is 12.2. The zero-order chi connectivity index (χ0) is 16.4. The number of rotatable bonds is 4. The first kappa shape index (κ1) is 14.8. The molecule has 116 valence electrons. The number of amides is 3. The Kier molecular flexibility index (Phi) is 3.80. The molecule has 0 atom stereocenters. The molecule has 1 heterocycles. The van der Waals surface area contributed by atoms with Crippen molar-refractivity contribution in [2.75, 3.05) is 11.4 Å². The van der Waals surface area contributed by atoms with Gasteiger partial charge in [-0.2, -0.15) is 0 Å². The number of anilines is 1. The maximum absolute atomic E-state index is 12.5. The molecule has 0 aliphatic carbocycles. The molecular formula is C17H14N2O4. The molecule has 6 nitrogen and oxygen atoms in total. The maximum atomic E-state index is 12.5. The second-order valence-electron chi connectivity index (χ2n) is 5.19. The van der Waals surface area contributed by atoms with Gasteiger partial charge in [0, 0.05) is 5.69 Å². The summed E-state index contributed by atoms with van der Waals surface area (Å²) in [6.07, 6.45) is 0. The topological polar surface area (TPSA) is 77.9 Å². The number of benzene rings is 2. The van der Waals surface area contributed by atoms with Crippen LogP contribution < -0.4 is 4.90 Å². The third kappa shape index (κ3) is 2.91. The van der Waals surface area contributed by atoms with E-state index in [1.807, 2.05) is 30.3 Å². The van der Waals surface area contributed by atoms with Crippen LogP contribution in [0.4, 0.5) is 10.5 Å². The molecule has 2 aromatic carbocycles. The van der Waals surface area contributed by atoms with Crippen molar-refractivity contribution in [3.8, 4) is 0 Å². The number of urea groups is 1. The summed E-state index contributed by atoms with van der Waals surface area (Å²) in [7, 11) is 0. The monoisotopic (exact) mass is 310 g/mol. The highest BCUT2D eigenvalue weighted by Gasteiger charge is 2.36. The minimum Gasteiger partial charge on any atom is -0.478 e. The highest BCUT2D eigenvalue weighted by molar-refractivity contribution is 6.12. The van der Waals surface area contributed by atoms with E-state index in [0.717, 1.165) is 5.56 Å². The molecule has 3 amide bonds. The van der Waals surface area contributed by atoms with Crippen LogP contribution in [0.2, 0.25) is 0 Å². The Balaban J connectivity index is 1.84. The van der Waals surface area contributed by atoms with Gasteiger partial charge in [-0.1, -0.05) is 36.4 Å². The molecule has 6 heteroatoms. The smallest absolute Gasteiger partial charge is 0.335 e. The van der Waals surface area contributed by atoms with E-state index in [-0.39, 0.29) is 24.6 Å². The van der Waals surface area contributed by atoms with E-state index in [4.69, 9.17) is 5.11 Å². The molecule has 1 N–H and O–H groups in total. The number of carboxylic acids is 1. The first-order valence-electron chi connectivity index (χ1n) is 7.05. The molecule has 23 heavy (non-hydrogen) atoms. The number of nitrogens with zero attached hydrogens (tertiary/aromatic N) is 2. The quantitative estimate of drug-likeness (QED) is 0.879. The first-order chi connectivity index (χ1) is 11.1. The Morgan fingerprint density at radius 3 is 2.48 bits per heavy atom. The van der Waals surface area contributed by atoms with E-state index in [2.05, 4.69) is 0 Å². The second kappa shape index (κ2) is 5.92. The molecule has 0 unspecified atom stereocenters. The third-order valence-corrected chi connectivity index (χ3v) is 3.64. The van der Waals surface area contributed by atoms with Crippen LogP contribution in [0.15, 0.2) is 54.6 Å². The Hall–Kier alpha value is -3.15. The van der Waals surface area contributed by atoms with Crippen molar-refractivity contribution >= 4 is 23.6 Å². The van der Waals surface area contributed by atoms with E-state index >= 15 is 0 Å². The van der Waals surface area contributed by atoms with Gasteiger partial charge in [-0.15, -0.1) is 0 Å². The van der Waals surface area contributed by atoms with Crippen molar-refractivity contribution < 1.29 is 19.5 Å². The number of hydrogen-bond acceptors (Lipinski definition) is 3. The van der Waals surface area contributed by atoms with Gasteiger partial charge < -0.3 is 5.11 Å². The summed E-state index contributed by atoms with van der Waals surface area (Å²) in [6, 6.07) is 14.8. The van der Waals surface area contributed by atoms with Gasteiger partial charge in [0.1, 0.15) is 6.54 Å². The van der Waals surface area contributed by atoms with Crippen molar-refractivity contribution in [1.82, 2.24) is 4.90 Å². The lowest BCUT2D eigenvalue weighted by atomic mass is 10.2. The van der Waals surface area contributed by atoms with Crippen molar-refractivity contribution in [2.45, 2.75) is 6.54 Å². The van der Waals surface area contributed by atoms with Gasteiger partial charge in [-0.3, -0.25) is 14.6 Å². The molecule has 0 radical (unpaired) electrons. The van der Waals surface area contributed by atoms with Crippen LogP contribution in [0.1, 0.15) is 15.9 Å². The number of imide groups is 1. The van der Waals surface area contributed by atoms with Crippen molar-refractivity contribution in [2.24, 2.45) is 0 Å². The largest absolute Gasteiger partial charge is 0.478 e. The Bertz CT molecular complexity index is 773. The number of carbonyl (C=O) groups is 3. The number of hydrogen-bond donors (Lipinski definition) is 1. The summed E-state index contributed by atoms with van der Waals surface area (Å²) < 4.78 is 0. The predicted molar refractivity (Wildman–Crippen MR) is 83.1 cm³/mol. The number of carboxylic acid groups (broad SMARTS) is 1. The molecule has 0 bridgehead atoms. The molecule has 0 spiro atoms. The molecule has 1 aliphatic rings. The normalized spacial score (nSPS) is 14.4. The fourth-order valence-corrected chi connectivity index (χ4v) is 2.47. The molecule has 1 aliphatic heterocycles. The van der Waals surface area contributed by atoms with Crippen LogP contribution in [0.5, 0.6) is 0 Å². The summed E-state index contributed by atoms with van der Waals surface area (Å²) in [5.74, 6) is -1.38. The Labute approximate surface area is 132 Å². The lowest BCUT2D eigenvalue weighted by Crippen LogP contribution is -2.32. The van der Waals surface area contributed by atoms with Gasteiger partial charge in [0.15, 0.2) is 0 Å². The van der Waals surface area contributed by atoms with E-state index in [9.17, 15) is 14.4 Å². The SMILES string of the molecule is O=C(O)c1cccc(N2CC(=O)N(Cc3ccccc3)C2=O)c1. The Morgan fingerprint density at radius 2 is 1.78 bits per heavy atom. The van der Waals surface area contributed by atoms with Gasteiger partial charge in [0.05, 0.1) is 12.1 Å². The van der Waals surface area contributed by atoms with Gasteiger partial charge in [-0.25, -0.2) is 9.59 Å². The number of carbonyl (C=O) groups excluding carboxylic acids is 2. The van der Waals surface area contributed by atoms with Gasteiger partial charge in [0.2, 0.25) is 0 Å². The summed E-state index contributed by atoms with van der Waals surface area (Å²) in [5, 5.41) is 9.04. The van der Waals surface area contributed by atoms with E-state index in [1.165, 1.54) is 21.9 Å². The van der Waals surface area contributed by atoms with E-state index in [0.29, 0.717) is 5.69 Å². The third-order valence-electron chi connectivity index (χ3n) is 3.64. The molecule has 0 saturated carbocycles. The van der Waals surface area contributed by atoms with Gasteiger partial charge in [0.25, 0.3) is 5.91 Å². The fourth-order valence-electron chi connectivity index (χ4n) is 2.47. The minimum atomic E-state index is -1.08. The molecule has 3 rings (SSSR count). The maximum Gasteiger partial charge on any atom is 0.335 e. The second-order valence-corrected chi connectivity index (χ2v) is 5.19. The highest BCUT2D eigenvalue weighted by Crippen LogP contribution is 2.23. The van der Waals surface area contributed by atoms with Crippen molar-refractivity contribution in [3.63, 3.8) is 0 Å². The summed E-state index contributed by atoms with van der Waals surface area (Å²) in [4.78, 5) is 38.1. The molecule has 2 aromatic rings. The van der Waals surface area contributed by atoms with Crippen molar-refractivity contribution in [1.29, 1.82) is 0 Å². The Morgan fingerprint density at radius 1 is 1.04 bits per heavy atom. The van der Waals surface area contributed by atoms with Gasteiger partial charge in [-0.05, 0) is 23.8 Å². The van der Waals surface area contributed by atoms with Crippen LogP contribution in [0.3, 0.4) is 0 Å². The predicted octanol–water partition coefficient (Wildman–Crippen LogP) is 2.35. The van der Waals surface area contributed by atoms with Crippen LogP contribution in [0.25, 0.3) is 0 Å². The van der Waals surface area contributed by atoms with Crippen LogP contribution >= 0.6 is 0 Å². The fraction of sp³-hybridized carbons (Fsp3) is 0.118. The molecular weight excluding hydrogens is 296 g/mol. The lowest BCUT2D eigenvalue weighted by Gasteiger charge is -2.17. The average molecular weight is 310 g/mol. The highest BCUT2D eigenvalue weighted by atomic mass is 16.4. The molecule has 1 fully saturated rings. The summed E-state index contributed by atoms with van der Waals surface area (Å²) >= 11 is 0. The van der Waals surface area contributed by atoms with E-state index < -0.39 is 12.0 Å². The van der Waals surface area contributed by atoms with Crippen LogP contribution in [-0.4, -0.2) is 34.5 Å². The molecule has 0 aromatic heterocycles. The lowest BCUT2D eigenvalue weighted by molar-refractivity contribution is -0.125. The standard InChI is InChI=1S/C17H14N2O4/c20-15-11-18(14-8-4-7-13(9-14)16(21)22)17(23)19(15)10-12-5-2-1-3-6-12/h1-9H,10-11H2,(H,21,22). The molecule has 1 saturated heterocycles. The van der Waals surface area contributed by atoms with E-state index in [1.54, 1.807) is 12.1 Å². The first-order valence-corrected chi connectivity index (χ1v) is 7.05. The van der Waals surface area contributed by atoms with Crippen LogP contribution in [0, 0.1) is 0 Å². The minimum absolute atomic E-state index is 0.0734. The average Bonchev–Trinajstić information content (AvgIpc) is 2.84. The van der Waals surface area contributed by atoms with Crippen LogP contribution in [-0.2, 0) is 11.3 Å².